The highest BCUT2D eigenvalue weighted by Gasteiger charge is 2.06. The highest BCUT2D eigenvalue weighted by Crippen LogP contribution is 2.23. The summed E-state index contributed by atoms with van der Waals surface area (Å²) in [6.45, 7) is 1.68. The molecule has 5 nitrogen and oxygen atoms in total. The molecular formula is C12H13FN4O. The zero-order chi connectivity index (χ0) is 13.1. The Balaban J connectivity index is 2.34. The van der Waals surface area contributed by atoms with Gasteiger partial charge in [-0.3, -0.25) is 0 Å². The van der Waals surface area contributed by atoms with Crippen LogP contribution in [0.3, 0.4) is 0 Å². The lowest BCUT2D eigenvalue weighted by Gasteiger charge is -2.10. The highest BCUT2D eigenvalue weighted by atomic mass is 19.1. The van der Waals surface area contributed by atoms with E-state index in [1.165, 1.54) is 13.2 Å². The number of nitrogens with one attached hydrogen (secondary N) is 1. The van der Waals surface area contributed by atoms with E-state index in [4.69, 9.17) is 10.5 Å². The summed E-state index contributed by atoms with van der Waals surface area (Å²) in [6, 6.07) is 6.35. The Hall–Kier alpha value is -2.37. The summed E-state index contributed by atoms with van der Waals surface area (Å²) in [4.78, 5) is 7.87. The fraction of sp³-hybridized carbons (Fsp3) is 0.167. The third-order valence-corrected chi connectivity index (χ3v) is 2.46. The number of halogens is 1. The molecule has 0 saturated carbocycles. The first-order chi connectivity index (χ1) is 8.60. The Bertz CT molecular complexity index is 574. The molecule has 2 aromatic rings. The minimum Gasteiger partial charge on any atom is -0.481 e. The van der Waals surface area contributed by atoms with Crippen molar-refractivity contribution in [3.05, 3.63) is 35.6 Å². The molecule has 0 spiro atoms. The maximum atomic E-state index is 13.4. The number of methoxy groups -OCH3 is 1. The average Bonchev–Trinajstić information content (AvgIpc) is 2.34. The second-order valence-electron chi connectivity index (χ2n) is 3.69. The molecule has 0 aliphatic heterocycles. The van der Waals surface area contributed by atoms with Gasteiger partial charge in [0.25, 0.3) is 0 Å². The fourth-order valence-corrected chi connectivity index (χ4v) is 1.49. The van der Waals surface area contributed by atoms with Crippen molar-refractivity contribution >= 4 is 17.5 Å². The van der Waals surface area contributed by atoms with Crippen molar-refractivity contribution in [2.45, 2.75) is 6.92 Å². The molecule has 0 saturated heterocycles. The molecule has 0 amide bonds. The van der Waals surface area contributed by atoms with Gasteiger partial charge in [-0.05, 0) is 19.1 Å². The van der Waals surface area contributed by atoms with Crippen LogP contribution in [-0.4, -0.2) is 17.1 Å². The van der Waals surface area contributed by atoms with Crippen LogP contribution in [0, 0.1) is 12.7 Å². The highest BCUT2D eigenvalue weighted by molar-refractivity contribution is 5.61. The van der Waals surface area contributed by atoms with E-state index in [9.17, 15) is 4.39 Å². The van der Waals surface area contributed by atoms with Crippen LogP contribution < -0.4 is 15.8 Å². The first-order valence-corrected chi connectivity index (χ1v) is 5.31. The number of ether oxygens (including phenoxy) is 1. The van der Waals surface area contributed by atoms with Crippen molar-refractivity contribution in [1.29, 1.82) is 0 Å². The Morgan fingerprint density at radius 3 is 2.83 bits per heavy atom. The number of rotatable bonds is 3. The van der Waals surface area contributed by atoms with E-state index in [1.807, 2.05) is 0 Å². The molecule has 0 radical (unpaired) electrons. The Kier molecular flexibility index (Phi) is 3.27. The zero-order valence-electron chi connectivity index (χ0n) is 10.1. The van der Waals surface area contributed by atoms with Crippen LogP contribution in [0.15, 0.2) is 24.3 Å². The summed E-state index contributed by atoms with van der Waals surface area (Å²) in [5.74, 6) is 0.604. The van der Waals surface area contributed by atoms with Crippen molar-refractivity contribution in [1.82, 2.24) is 9.97 Å². The van der Waals surface area contributed by atoms with Gasteiger partial charge in [-0.2, -0.15) is 9.97 Å². The Morgan fingerprint density at radius 1 is 1.33 bits per heavy atom. The van der Waals surface area contributed by atoms with Gasteiger partial charge in [0.1, 0.15) is 11.6 Å². The van der Waals surface area contributed by atoms with Gasteiger partial charge in [0, 0.05) is 17.3 Å². The van der Waals surface area contributed by atoms with Gasteiger partial charge in [0.15, 0.2) is 0 Å². The lowest BCUT2D eigenvalue weighted by Crippen LogP contribution is -2.03. The van der Waals surface area contributed by atoms with Crippen molar-refractivity contribution in [3.8, 4) is 5.88 Å². The molecule has 1 heterocycles. The van der Waals surface area contributed by atoms with Crippen LogP contribution in [0.5, 0.6) is 5.88 Å². The molecule has 0 aliphatic rings. The molecule has 0 atom stereocenters. The second-order valence-corrected chi connectivity index (χ2v) is 3.69. The van der Waals surface area contributed by atoms with Gasteiger partial charge in [-0.15, -0.1) is 0 Å². The number of nitrogens with zero attached hydrogens (tertiary/aromatic N) is 2. The van der Waals surface area contributed by atoms with E-state index in [2.05, 4.69) is 15.3 Å². The smallest absolute Gasteiger partial charge is 0.225 e. The maximum absolute atomic E-state index is 13.4. The summed E-state index contributed by atoms with van der Waals surface area (Å²) < 4.78 is 18.4. The Labute approximate surface area is 104 Å². The lowest BCUT2D eigenvalue weighted by molar-refractivity contribution is 0.398. The molecule has 0 aliphatic carbocycles. The summed E-state index contributed by atoms with van der Waals surface area (Å²) in [6.07, 6.45) is 0. The molecule has 0 fully saturated rings. The quantitative estimate of drug-likeness (QED) is 0.871. The van der Waals surface area contributed by atoms with E-state index in [0.717, 1.165) is 0 Å². The SMILES string of the molecule is COc1cc(Nc2cccc(F)c2C)nc(N)n1. The second kappa shape index (κ2) is 4.87. The fourth-order valence-electron chi connectivity index (χ4n) is 1.49. The summed E-state index contributed by atoms with van der Waals surface area (Å²) in [5.41, 5.74) is 6.67. The van der Waals surface area contributed by atoms with Gasteiger partial charge < -0.3 is 15.8 Å². The van der Waals surface area contributed by atoms with Crippen molar-refractivity contribution in [2.75, 3.05) is 18.2 Å². The van der Waals surface area contributed by atoms with Crippen LogP contribution in [0.25, 0.3) is 0 Å². The lowest BCUT2D eigenvalue weighted by atomic mass is 10.2. The number of hydrogen-bond donors (Lipinski definition) is 2. The molecule has 0 unspecified atom stereocenters. The van der Waals surface area contributed by atoms with Crippen LogP contribution in [-0.2, 0) is 0 Å². The number of anilines is 3. The summed E-state index contributed by atoms with van der Waals surface area (Å²) >= 11 is 0. The number of benzene rings is 1. The molecule has 1 aromatic carbocycles. The summed E-state index contributed by atoms with van der Waals surface area (Å²) in [7, 11) is 1.49. The van der Waals surface area contributed by atoms with E-state index >= 15 is 0 Å². The Morgan fingerprint density at radius 2 is 2.11 bits per heavy atom. The molecule has 18 heavy (non-hydrogen) atoms. The summed E-state index contributed by atoms with van der Waals surface area (Å²) in [5, 5.41) is 2.98. The average molecular weight is 248 g/mol. The minimum absolute atomic E-state index is 0.0888. The van der Waals surface area contributed by atoms with Crippen molar-refractivity contribution < 1.29 is 9.13 Å². The third-order valence-electron chi connectivity index (χ3n) is 2.46. The monoisotopic (exact) mass is 248 g/mol. The number of nitrogens with two attached hydrogens (primary N) is 1. The topological polar surface area (TPSA) is 73.1 Å². The zero-order valence-corrected chi connectivity index (χ0v) is 10.1. The molecule has 0 bridgehead atoms. The minimum atomic E-state index is -0.283. The van der Waals surface area contributed by atoms with E-state index < -0.39 is 0 Å². The molecule has 2 rings (SSSR count). The van der Waals surface area contributed by atoms with Crippen molar-refractivity contribution in [2.24, 2.45) is 0 Å². The van der Waals surface area contributed by atoms with Gasteiger partial charge in [0.2, 0.25) is 11.8 Å². The van der Waals surface area contributed by atoms with Gasteiger partial charge >= 0.3 is 0 Å². The van der Waals surface area contributed by atoms with E-state index in [1.54, 1.807) is 25.1 Å². The third kappa shape index (κ3) is 2.48. The van der Waals surface area contributed by atoms with Gasteiger partial charge in [-0.1, -0.05) is 6.07 Å². The predicted octanol–water partition coefficient (Wildman–Crippen LogP) is 2.26. The van der Waals surface area contributed by atoms with E-state index in [-0.39, 0.29) is 11.8 Å². The maximum Gasteiger partial charge on any atom is 0.225 e. The molecular weight excluding hydrogens is 235 g/mol. The molecule has 6 heteroatoms. The molecule has 1 aromatic heterocycles. The molecule has 3 N–H and O–H groups in total. The largest absolute Gasteiger partial charge is 0.481 e. The molecule has 94 valence electrons. The van der Waals surface area contributed by atoms with E-state index in [0.29, 0.717) is 22.9 Å². The van der Waals surface area contributed by atoms with Crippen molar-refractivity contribution in [3.63, 3.8) is 0 Å². The van der Waals surface area contributed by atoms with Crippen LogP contribution in [0.2, 0.25) is 0 Å². The van der Waals surface area contributed by atoms with Gasteiger partial charge in [-0.25, -0.2) is 4.39 Å². The van der Waals surface area contributed by atoms with Crippen LogP contribution in [0.1, 0.15) is 5.56 Å². The van der Waals surface area contributed by atoms with Gasteiger partial charge in [0.05, 0.1) is 7.11 Å². The first kappa shape index (κ1) is 12.1. The first-order valence-electron chi connectivity index (χ1n) is 5.31. The standard InChI is InChI=1S/C12H13FN4O/c1-7-8(13)4-3-5-9(7)15-10-6-11(18-2)17-12(14)16-10/h3-6H,1-2H3,(H3,14,15,16,17). The van der Waals surface area contributed by atoms with Crippen LogP contribution in [0.4, 0.5) is 21.8 Å². The number of hydrogen-bond acceptors (Lipinski definition) is 5. The van der Waals surface area contributed by atoms with Crippen LogP contribution >= 0.6 is 0 Å². The normalized spacial score (nSPS) is 10.2. The predicted molar refractivity (Wildman–Crippen MR) is 67.4 cm³/mol. The number of nitrogen functional groups attached to an aromatic ring is 1. The number of aromatic nitrogens is 2.